The molecule has 0 aromatic heterocycles. The normalized spacial score (nSPS) is 17.2. The largest absolute Gasteiger partial charge is 0.494 e. The lowest BCUT2D eigenvalue weighted by Gasteiger charge is -2.27. The van der Waals surface area contributed by atoms with Gasteiger partial charge < -0.3 is 14.6 Å². The van der Waals surface area contributed by atoms with Gasteiger partial charge in [0.05, 0.1) is 18.1 Å². The third kappa shape index (κ3) is 9.77. The SMILES string of the molecule is CCCCCCCCCCCCOc1ccc(C2CCC(C(=O)Oc3ccc(C(=O)O)c(F)c3)CC2)cc1. The maximum atomic E-state index is 13.9. The van der Waals surface area contributed by atoms with Gasteiger partial charge in [0.25, 0.3) is 0 Å². The number of unbranched alkanes of at least 4 members (excludes halogenated alkanes) is 9. The van der Waals surface area contributed by atoms with E-state index in [1.54, 1.807) is 0 Å². The summed E-state index contributed by atoms with van der Waals surface area (Å²) in [4.78, 5) is 23.5. The molecule has 0 unspecified atom stereocenters. The van der Waals surface area contributed by atoms with Gasteiger partial charge in [0, 0.05) is 6.07 Å². The maximum absolute atomic E-state index is 13.9. The smallest absolute Gasteiger partial charge is 0.338 e. The fourth-order valence-corrected chi connectivity index (χ4v) is 5.21. The molecule has 0 aliphatic heterocycles. The summed E-state index contributed by atoms with van der Waals surface area (Å²) in [5, 5.41) is 8.93. The zero-order valence-corrected chi connectivity index (χ0v) is 22.8. The zero-order valence-electron chi connectivity index (χ0n) is 22.8. The van der Waals surface area contributed by atoms with E-state index in [1.807, 2.05) is 12.1 Å². The van der Waals surface area contributed by atoms with Crippen LogP contribution in [0.25, 0.3) is 0 Å². The van der Waals surface area contributed by atoms with Crippen molar-refractivity contribution in [2.45, 2.75) is 103 Å². The van der Waals surface area contributed by atoms with Gasteiger partial charge in [-0.3, -0.25) is 4.79 Å². The van der Waals surface area contributed by atoms with Gasteiger partial charge in [-0.15, -0.1) is 0 Å². The number of carboxylic acid groups (broad SMARTS) is 1. The second-order valence-corrected chi connectivity index (χ2v) is 10.5. The number of esters is 1. The van der Waals surface area contributed by atoms with Gasteiger partial charge >= 0.3 is 11.9 Å². The minimum absolute atomic E-state index is 0.0352. The molecule has 5 nitrogen and oxygen atoms in total. The third-order valence-corrected chi connectivity index (χ3v) is 7.57. The van der Waals surface area contributed by atoms with Crippen LogP contribution in [0.15, 0.2) is 42.5 Å². The summed E-state index contributed by atoms with van der Waals surface area (Å²) in [7, 11) is 0. The quantitative estimate of drug-likeness (QED) is 0.135. The van der Waals surface area contributed by atoms with Crippen LogP contribution in [0, 0.1) is 11.7 Å². The lowest BCUT2D eigenvalue weighted by molar-refractivity contribution is -0.140. The van der Waals surface area contributed by atoms with Crippen LogP contribution in [0.2, 0.25) is 0 Å². The van der Waals surface area contributed by atoms with Crippen molar-refractivity contribution in [2.24, 2.45) is 5.92 Å². The molecular weight excluding hydrogens is 483 g/mol. The molecule has 38 heavy (non-hydrogen) atoms. The minimum Gasteiger partial charge on any atom is -0.494 e. The first-order valence-corrected chi connectivity index (χ1v) is 14.4. The number of carbonyl (C=O) groups is 2. The van der Waals surface area contributed by atoms with Crippen LogP contribution in [-0.4, -0.2) is 23.7 Å². The Hall–Kier alpha value is -2.89. The Morgan fingerprint density at radius 2 is 1.39 bits per heavy atom. The molecule has 0 heterocycles. The molecule has 0 amide bonds. The molecule has 2 aromatic carbocycles. The van der Waals surface area contributed by atoms with E-state index in [4.69, 9.17) is 14.6 Å². The second-order valence-electron chi connectivity index (χ2n) is 10.5. The van der Waals surface area contributed by atoms with Crippen molar-refractivity contribution in [3.8, 4) is 11.5 Å². The van der Waals surface area contributed by atoms with Gasteiger partial charge in [0.2, 0.25) is 0 Å². The Labute approximate surface area is 226 Å². The van der Waals surface area contributed by atoms with Gasteiger partial charge in [0.15, 0.2) is 0 Å². The Morgan fingerprint density at radius 3 is 1.97 bits per heavy atom. The molecule has 0 atom stereocenters. The molecule has 6 heteroatoms. The molecule has 0 bridgehead atoms. The highest BCUT2D eigenvalue weighted by Crippen LogP contribution is 2.37. The number of carbonyl (C=O) groups excluding carboxylic acids is 1. The highest BCUT2D eigenvalue weighted by atomic mass is 19.1. The second kappa shape index (κ2) is 16.2. The first kappa shape index (κ1) is 29.7. The summed E-state index contributed by atoms with van der Waals surface area (Å²) < 4.78 is 25.1. The van der Waals surface area contributed by atoms with Gasteiger partial charge in [0.1, 0.15) is 17.3 Å². The van der Waals surface area contributed by atoms with Crippen LogP contribution in [0.3, 0.4) is 0 Å². The molecule has 1 aliphatic carbocycles. The van der Waals surface area contributed by atoms with Crippen molar-refractivity contribution < 1.29 is 28.6 Å². The average Bonchev–Trinajstić information content (AvgIpc) is 2.92. The summed E-state index contributed by atoms with van der Waals surface area (Å²) in [5.41, 5.74) is 0.815. The molecule has 1 saturated carbocycles. The Kier molecular flexibility index (Phi) is 12.6. The molecule has 0 saturated heterocycles. The number of hydrogen-bond acceptors (Lipinski definition) is 4. The summed E-state index contributed by atoms with van der Waals surface area (Å²) in [6, 6.07) is 11.7. The minimum atomic E-state index is -1.35. The van der Waals surface area contributed by atoms with E-state index in [0.717, 1.165) is 43.8 Å². The Bertz CT molecular complexity index is 995. The van der Waals surface area contributed by atoms with E-state index in [1.165, 1.54) is 69.4 Å². The summed E-state index contributed by atoms with van der Waals surface area (Å²) in [5.74, 6) is -1.56. The molecule has 3 rings (SSSR count). The standard InChI is InChI=1S/C32H43FO5/c1-2-3-4-5-6-7-8-9-10-11-22-37-27-18-16-25(17-19-27)24-12-14-26(15-13-24)32(36)38-28-20-21-29(31(34)35)30(33)23-28/h16-21,23-24,26H,2-15,22H2,1H3,(H,34,35). The number of benzene rings is 2. The number of rotatable bonds is 16. The van der Waals surface area contributed by atoms with Crippen LogP contribution < -0.4 is 9.47 Å². The van der Waals surface area contributed by atoms with Crippen molar-refractivity contribution in [3.05, 3.63) is 59.4 Å². The summed E-state index contributed by atoms with van der Waals surface area (Å²) in [6.07, 6.45) is 16.3. The van der Waals surface area contributed by atoms with E-state index < -0.39 is 17.3 Å². The Balaban J connectivity index is 1.31. The van der Waals surface area contributed by atoms with Crippen LogP contribution in [0.4, 0.5) is 4.39 Å². The zero-order chi connectivity index (χ0) is 27.2. The van der Waals surface area contributed by atoms with Crippen molar-refractivity contribution in [1.29, 1.82) is 0 Å². The monoisotopic (exact) mass is 526 g/mol. The van der Waals surface area contributed by atoms with E-state index in [0.29, 0.717) is 18.8 Å². The fourth-order valence-electron chi connectivity index (χ4n) is 5.21. The molecule has 1 N–H and O–H groups in total. The maximum Gasteiger partial charge on any atom is 0.338 e. The number of carboxylic acids is 1. The fraction of sp³-hybridized carbons (Fsp3) is 0.562. The van der Waals surface area contributed by atoms with Crippen LogP contribution in [0.5, 0.6) is 11.5 Å². The van der Waals surface area contributed by atoms with Gasteiger partial charge in [-0.1, -0.05) is 76.8 Å². The predicted molar refractivity (Wildman–Crippen MR) is 147 cm³/mol. The molecule has 1 fully saturated rings. The van der Waals surface area contributed by atoms with Gasteiger partial charge in [-0.05, 0) is 67.9 Å². The lowest BCUT2D eigenvalue weighted by atomic mass is 9.79. The molecular formula is C32H43FO5. The average molecular weight is 527 g/mol. The van der Waals surface area contributed by atoms with E-state index in [2.05, 4.69) is 19.1 Å². The Morgan fingerprint density at radius 1 is 0.816 bits per heavy atom. The number of aromatic carboxylic acids is 1. The van der Waals surface area contributed by atoms with E-state index in [9.17, 15) is 14.0 Å². The van der Waals surface area contributed by atoms with E-state index in [-0.39, 0.29) is 17.6 Å². The van der Waals surface area contributed by atoms with Crippen LogP contribution in [0.1, 0.15) is 119 Å². The topological polar surface area (TPSA) is 72.8 Å². The number of ether oxygens (including phenoxy) is 2. The molecule has 0 spiro atoms. The van der Waals surface area contributed by atoms with Crippen LogP contribution >= 0.6 is 0 Å². The number of halogens is 1. The van der Waals surface area contributed by atoms with Crippen molar-refractivity contribution >= 4 is 11.9 Å². The van der Waals surface area contributed by atoms with E-state index >= 15 is 0 Å². The highest BCUT2D eigenvalue weighted by molar-refractivity contribution is 5.88. The lowest BCUT2D eigenvalue weighted by Crippen LogP contribution is -2.25. The molecule has 208 valence electrons. The molecule has 2 aromatic rings. The van der Waals surface area contributed by atoms with Crippen molar-refractivity contribution in [2.75, 3.05) is 6.61 Å². The van der Waals surface area contributed by atoms with Crippen molar-refractivity contribution in [1.82, 2.24) is 0 Å². The first-order valence-electron chi connectivity index (χ1n) is 14.4. The molecule has 1 aliphatic rings. The van der Waals surface area contributed by atoms with Crippen LogP contribution in [-0.2, 0) is 4.79 Å². The molecule has 0 radical (unpaired) electrons. The third-order valence-electron chi connectivity index (χ3n) is 7.57. The summed E-state index contributed by atoms with van der Waals surface area (Å²) in [6.45, 7) is 3.01. The van der Waals surface area contributed by atoms with Gasteiger partial charge in [-0.2, -0.15) is 0 Å². The highest BCUT2D eigenvalue weighted by Gasteiger charge is 2.28. The van der Waals surface area contributed by atoms with Crippen molar-refractivity contribution in [3.63, 3.8) is 0 Å². The number of hydrogen-bond donors (Lipinski definition) is 1. The first-order chi connectivity index (χ1) is 18.5. The summed E-state index contributed by atoms with van der Waals surface area (Å²) >= 11 is 0. The predicted octanol–water partition coefficient (Wildman–Crippen LogP) is 8.70. The van der Waals surface area contributed by atoms with Gasteiger partial charge in [-0.25, -0.2) is 9.18 Å².